The van der Waals surface area contributed by atoms with Crippen LogP contribution in [0, 0.1) is 11.8 Å². The summed E-state index contributed by atoms with van der Waals surface area (Å²) in [5.41, 5.74) is 1.03. The molecule has 0 radical (unpaired) electrons. The van der Waals surface area contributed by atoms with Crippen LogP contribution in [-0.4, -0.2) is 36.5 Å². The van der Waals surface area contributed by atoms with Crippen LogP contribution in [0.15, 0.2) is 54.6 Å². The number of amides is 1. The minimum atomic E-state index is -0.512. The quantitative estimate of drug-likeness (QED) is 0.509. The maximum Gasteiger partial charge on any atom is 0.315 e. The van der Waals surface area contributed by atoms with Gasteiger partial charge in [0.25, 0.3) is 0 Å². The third-order valence-electron chi connectivity index (χ3n) is 6.39. The number of ether oxygens (including phenoxy) is 2. The monoisotopic (exact) mass is 407 g/mol. The Hall–Kier alpha value is -2.82. The van der Waals surface area contributed by atoms with Gasteiger partial charge in [0.05, 0.1) is 13.0 Å². The van der Waals surface area contributed by atoms with Crippen molar-refractivity contribution in [1.29, 1.82) is 0 Å². The summed E-state index contributed by atoms with van der Waals surface area (Å²) < 4.78 is 10.8. The lowest BCUT2D eigenvalue weighted by molar-refractivity contribution is -0.147. The highest BCUT2D eigenvalue weighted by atomic mass is 16.5. The highest BCUT2D eigenvalue weighted by Crippen LogP contribution is 2.35. The van der Waals surface area contributed by atoms with Gasteiger partial charge in [-0.3, -0.25) is 9.59 Å². The van der Waals surface area contributed by atoms with Gasteiger partial charge in [-0.25, -0.2) is 0 Å². The minimum Gasteiger partial charge on any atom is -0.497 e. The van der Waals surface area contributed by atoms with Crippen molar-refractivity contribution in [1.82, 2.24) is 4.90 Å². The van der Waals surface area contributed by atoms with Gasteiger partial charge in [0.15, 0.2) is 0 Å². The van der Waals surface area contributed by atoms with E-state index in [1.54, 1.807) is 31.4 Å². The van der Waals surface area contributed by atoms with E-state index in [2.05, 4.69) is 0 Å². The van der Waals surface area contributed by atoms with E-state index in [1.165, 1.54) is 12.8 Å². The zero-order chi connectivity index (χ0) is 20.9. The number of nitrogens with zero attached hydrogens (tertiary/aromatic N) is 1. The summed E-state index contributed by atoms with van der Waals surface area (Å²) in [4.78, 5) is 28.2. The molecule has 2 heterocycles. The number of hydrogen-bond acceptors (Lipinski definition) is 4. The second-order valence-electron chi connectivity index (χ2n) is 8.41. The SMILES string of the molecule is COc1ccc(OC(=O)[C@H](CC(=O)N2CC3CCC2CC3)Cc2ccccc2)cc1. The molecule has 5 rings (SSSR count). The highest BCUT2D eigenvalue weighted by molar-refractivity contribution is 5.84. The van der Waals surface area contributed by atoms with Crippen molar-refractivity contribution in [2.75, 3.05) is 13.7 Å². The molecule has 2 bridgehead atoms. The predicted octanol–water partition coefficient (Wildman–Crippen LogP) is 4.25. The second-order valence-corrected chi connectivity index (χ2v) is 8.41. The summed E-state index contributed by atoms with van der Waals surface area (Å²) in [6.07, 6.45) is 5.31. The lowest BCUT2D eigenvalue weighted by atomic mass is 9.79. The molecule has 0 N–H and O–H groups in total. The Kier molecular flexibility index (Phi) is 6.36. The van der Waals surface area contributed by atoms with Gasteiger partial charge in [0.1, 0.15) is 11.5 Å². The summed E-state index contributed by atoms with van der Waals surface area (Å²) in [5.74, 6) is 0.992. The maximum atomic E-state index is 13.1. The number of fused-ring (bicyclic) bond motifs is 3. The largest absolute Gasteiger partial charge is 0.497 e. The van der Waals surface area contributed by atoms with Gasteiger partial charge in [0, 0.05) is 19.0 Å². The fourth-order valence-corrected chi connectivity index (χ4v) is 4.68. The highest BCUT2D eigenvalue weighted by Gasteiger charge is 2.37. The van der Waals surface area contributed by atoms with Gasteiger partial charge < -0.3 is 14.4 Å². The molecule has 1 saturated carbocycles. The minimum absolute atomic E-state index is 0.0806. The topological polar surface area (TPSA) is 55.8 Å². The summed E-state index contributed by atoms with van der Waals surface area (Å²) in [7, 11) is 1.59. The Labute approximate surface area is 178 Å². The van der Waals surface area contributed by atoms with Gasteiger partial charge in [-0.05, 0) is 67.9 Å². The van der Waals surface area contributed by atoms with Crippen LogP contribution in [0.25, 0.3) is 0 Å². The second kappa shape index (κ2) is 9.33. The predicted molar refractivity (Wildman–Crippen MR) is 114 cm³/mol. The number of methoxy groups -OCH3 is 1. The first kappa shape index (κ1) is 20.5. The van der Waals surface area contributed by atoms with Crippen molar-refractivity contribution in [3.8, 4) is 11.5 Å². The molecule has 1 amide bonds. The molecular weight excluding hydrogens is 378 g/mol. The molecule has 0 aromatic heterocycles. The molecule has 0 spiro atoms. The average Bonchev–Trinajstić information content (AvgIpc) is 2.80. The molecule has 1 aliphatic carbocycles. The molecule has 3 fully saturated rings. The first-order chi connectivity index (χ1) is 14.6. The summed E-state index contributed by atoms with van der Waals surface area (Å²) in [5, 5.41) is 0. The third kappa shape index (κ3) is 4.84. The number of carbonyl (C=O) groups is 2. The Balaban J connectivity index is 1.46. The van der Waals surface area contributed by atoms with E-state index < -0.39 is 5.92 Å². The number of rotatable bonds is 7. The normalized spacial score (nSPS) is 21.2. The Morgan fingerprint density at radius 1 is 0.967 bits per heavy atom. The van der Waals surface area contributed by atoms with Crippen LogP contribution in [0.2, 0.25) is 0 Å². The van der Waals surface area contributed by atoms with Crippen LogP contribution >= 0.6 is 0 Å². The molecular formula is C25H29NO4. The zero-order valence-electron chi connectivity index (χ0n) is 17.5. The number of benzene rings is 2. The summed E-state index contributed by atoms with van der Waals surface area (Å²) in [6, 6.07) is 17.1. The van der Waals surface area contributed by atoms with E-state index in [0.717, 1.165) is 24.9 Å². The van der Waals surface area contributed by atoms with Crippen molar-refractivity contribution in [3.05, 3.63) is 60.2 Å². The van der Waals surface area contributed by atoms with Crippen LogP contribution in [0.4, 0.5) is 0 Å². The molecule has 5 heteroatoms. The van der Waals surface area contributed by atoms with Crippen molar-refractivity contribution < 1.29 is 19.1 Å². The van der Waals surface area contributed by atoms with E-state index in [0.29, 0.717) is 29.9 Å². The fourth-order valence-electron chi connectivity index (χ4n) is 4.68. The van der Waals surface area contributed by atoms with Gasteiger partial charge in [-0.2, -0.15) is 0 Å². The molecule has 2 saturated heterocycles. The van der Waals surface area contributed by atoms with Gasteiger partial charge >= 0.3 is 5.97 Å². The first-order valence-corrected chi connectivity index (χ1v) is 10.8. The standard InChI is InChI=1S/C25H29NO4/c1-29-22-11-13-23(14-12-22)30-25(28)20(15-18-5-3-2-4-6-18)16-24(27)26-17-19-7-9-21(26)10-8-19/h2-6,11-14,19-21H,7-10,15-17H2,1H3/t19?,20-,21?/m0/s1. The van der Waals surface area contributed by atoms with E-state index in [4.69, 9.17) is 9.47 Å². The lowest BCUT2D eigenvalue weighted by Crippen LogP contribution is -2.51. The van der Waals surface area contributed by atoms with Crippen LogP contribution < -0.4 is 9.47 Å². The number of esters is 1. The molecule has 2 aliphatic heterocycles. The molecule has 30 heavy (non-hydrogen) atoms. The Morgan fingerprint density at radius 2 is 1.63 bits per heavy atom. The van der Waals surface area contributed by atoms with E-state index in [9.17, 15) is 9.59 Å². The molecule has 2 aromatic carbocycles. The summed E-state index contributed by atoms with van der Waals surface area (Å²) >= 11 is 0. The van der Waals surface area contributed by atoms with Crippen LogP contribution in [0.5, 0.6) is 11.5 Å². The zero-order valence-corrected chi connectivity index (χ0v) is 17.5. The molecule has 0 unspecified atom stereocenters. The maximum absolute atomic E-state index is 13.1. The molecule has 2 aromatic rings. The number of piperidine rings is 2. The van der Waals surface area contributed by atoms with Gasteiger partial charge in [-0.1, -0.05) is 30.3 Å². The van der Waals surface area contributed by atoms with Crippen molar-refractivity contribution in [2.45, 2.75) is 44.6 Å². The summed E-state index contributed by atoms with van der Waals surface area (Å²) in [6.45, 7) is 0.842. The van der Waals surface area contributed by atoms with E-state index in [-0.39, 0.29) is 18.3 Å². The smallest absolute Gasteiger partial charge is 0.315 e. The van der Waals surface area contributed by atoms with Crippen LogP contribution in [0.3, 0.4) is 0 Å². The van der Waals surface area contributed by atoms with Crippen molar-refractivity contribution in [3.63, 3.8) is 0 Å². The van der Waals surface area contributed by atoms with Crippen LogP contribution in [-0.2, 0) is 16.0 Å². The van der Waals surface area contributed by atoms with E-state index >= 15 is 0 Å². The van der Waals surface area contributed by atoms with Crippen molar-refractivity contribution >= 4 is 11.9 Å². The third-order valence-corrected chi connectivity index (χ3v) is 6.39. The molecule has 3 aliphatic rings. The Bertz CT molecular complexity index is 856. The van der Waals surface area contributed by atoms with Gasteiger partial charge in [0.2, 0.25) is 5.91 Å². The lowest BCUT2D eigenvalue weighted by Gasteiger charge is -2.45. The first-order valence-electron chi connectivity index (χ1n) is 10.8. The average molecular weight is 408 g/mol. The molecule has 5 nitrogen and oxygen atoms in total. The van der Waals surface area contributed by atoms with Crippen molar-refractivity contribution in [2.24, 2.45) is 11.8 Å². The number of carbonyl (C=O) groups excluding carboxylic acids is 2. The van der Waals surface area contributed by atoms with Crippen LogP contribution in [0.1, 0.15) is 37.7 Å². The van der Waals surface area contributed by atoms with E-state index in [1.807, 2.05) is 35.2 Å². The number of hydrogen-bond donors (Lipinski definition) is 0. The fraction of sp³-hybridized carbons (Fsp3) is 0.440. The molecule has 158 valence electrons. The molecule has 1 atom stereocenters. The van der Waals surface area contributed by atoms with Gasteiger partial charge in [-0.15, -0.1) is 0 Å². The Morgan fingerprint density at radius 3 is 2.23 bits per heavy atom.